The second-order valence-electron chi connectivity index (χ2n) is 8.00. The molecule has 152 valence electrons. The zero-order valence-corrected chi connectivity index (χ0v) is 16.2. The molecule has 28 heavy (non-hydrogen) atoms. The van der Waals surface area contributed by atoms with Gasteiger partial charge in [-0.25, -0.2) is 0 Å². The minimum atomic E-state index is -4.39. The van der Waals surface area contributed by atoms with Crippen LogP contribution in [0, 0.1) is 5.92 Å². The zero-order chi connectivity index (χ0) is 20.5. The number of nitrogens with one attached hydrogen (secondary N) is 2. The van der Waals surface area contributed by atoms with E-state index in [0.717, 1.165) is 17.7 Å². The second-order valence-corrected chi connectivity index (χ2v) is 8.00. The molecule has 2 heterocycles. The highest BCUT2D eigenvalue weighted by Gasteiger charge is 2.36. The summed E-state index contributed by atoms with van der Waals surface area (Å²) in [6.07, 6.45) is -0.711. The number of amides is 1. The Morgan fingerprint density at radius 1 is 1.29 bits per heavy atom. The van der Waals surface area contributed by atoms with Gasteiger partial charge in [0.15, 0.2) is 0 Å². The Kier molecular flexibility index (Phi) is 5.52. The van der Waals surface area contributed by atoms with E-state index in [0.29, 0.717) is 18.7 Å². The van der Waals surface area contributed by atoms with Crippen LogP contribution in [0.2, 0.25) is 0 Å². The summed E-state index contributed by atoms with van der Waals surface area (Å²) in [5, 5.41) is 10.4. The van der Waals surface area contributed by atoms with E-state index in [1.54, 1.807) is 16.9 Å². The van der Waals surface area contributed by atoms with Crippen molar-refractivity contribution in [3.05, 3.63) is 53.3 Å². The molecule has 1 aromatic carbocycles. The van der Waals surface area contributed by atoms with Gasteiger partial charge in [0, 0.05) is 44.2 Å². The molecule has 0 saturated carbocycles. The molecule has 0 bridgehead atoms. The fraction of sp³-hybridized carbons (Fsp3) is 0.500. The van der Waals surface area contributed by atoms with E-state index in [1.165, 1.54) is 6.07 Å². The number of carbonyl (C=O) groups excluding carboxylic acids is 1. The van der Waals surface area contributed by atoms with Crippen LogP contribution in [0.4, 0.5) is 13.2 Å². The lowest BCUT2D eigenvalue weighted by Gasteiger charge is -2.28. The van der Waals surface area contributed by atoms with Crippen LogP contribution in [0.25, 0.3) is 0 Å². The molecule has 5 nitrogen and oxygen atoms in total. The van der Waals surface area contributed by atoms with Crippen LogP contribution in [-0.2, 0) is 23.4 Å². The quantitative estimate of drug-likeness (QED) is 0.820. The van der Waals surface area contributed by atoms with Crippen molar-refractivity contribution in [2.45, 2.75) is 31.4 Å². The van der Waals surface area contributed by atoms with Crippen molar-refractivity contribution >= 4 is 5.91 Å². The minimum absolute atomic E-state index is 0.0327. The summed E-state index contributed by atoms with van der Waals surface area (Å²) >= 11 is 0. The SMILES string of the molecule is Cn1cc([C@H]2CNC[C@@H]2C(=O)NCC(C)(C)c2cccc(C(F)(F)F)c2)cn1. The monoisotopic (exact) mass is 394 g/mol. The Labute approximate surface area is 162 Å². The predicted octanol–water partition coefficient (Wildman–Crippen LogP) is 2.84. The first-order valence-corrected chi connectivity index (χ1v) is 9.22. The maximum absolute atomic E-state index is 13.0. The van der Waals surface area contributed by atoms with Gasteiger partial charge in [0.05, 0.1) is 17.7 Å². The number of aromatic nitrogens is 2. The molecule has 1 aliphatic rings. The van der Waals surface area contributed by atoms with Gasteiger partial charge in [-0.1, -0.05) is 32.0 Å². The van der Waals surface area contributed by atoms with E-state index >= 15 is 0 Å². The first-order chi connectivity index (χ1) is 13.1. The highest BCUT2D eigenvalue weighted by Crippen LogP contribution is 2.33. The van der Waals surface area contributed by atoms with Gasteiger partial charge in [-0.3, -0.25) is 9.48 Å². The van der Waals surface area contributed by atoms with Gasteiger partial charge >= 0.3 is 6.18 Å². The molecule has 1 amide bonds. The Hall–Kier alpha value is -2.35. The lowest BCUT2D eigenvalue weighted by molar-refractivity contribution is -0.137. The maximum atomic E-state index is 13.0. The Morgan fingerprint density at radius 2 is 2.00 bits per heavy atom. The van der Waals surface area contributed by atoms with E-state index in [4.69, 9.17) is 0 Å². The van der Waals surface area contributed by atoms with Crippen LogP contribution >= 0.6 is 0 Å². The normalized spacial score (nSPS) is 20.4. The summed E-state index contributed by atoms with van der Waals surface area (Å²) in [7, 11) is 1.83. The average Bonchev–Trinajstić information content (AvgIpc) is 3.28. The molecule has 0 aliphatic carbocycles. The fourth-order valence-electron chi connectivity index (χ4n) is 3.59. The summed E-state index contributed by atoms with van der Waals surface area (Å²) in [6, 6.07) is 5.28. The number of carbonyl (C=O) groups is 1. The smallest absolute Gasteiger partial charge is 0.355 e. The number of rotatable bonds is 5. The van der Waals surface area contributed by atoms with Gasteiger partial charge in [-0.2, -0.15) is 18.3 Å². The molecule has 1 fully saturated rings. The Bertz CT molecular complexity index is 844. The van der Waals surface area contributed by atoms with E-state index in [1.807, 2.05) is 27.1 Å². The maximum Gasteiger partial charge on any atom is 0.416 e. The lowest BCUT2D eigenvalue weighted by Crippen LogP contribution is -2.41. The minimum Gasteiger partial charge on any atom is -0.355 e. The third-order valence-electron chi connectivity index (χ3n) is 5.38. The highest BCUT2D eigenvalue weighted by atomic mass is 19.4. The third kappa shape index (κ3) is 4.38. The summed E-state index contributed by atoms with van der Waals surface area (Å²) in [6.45, 7) is 5.17. The molecule has 2 aromatic rings. The van der Waals surface area contributed by atoms with Gasteiger partial charge < -0.3 is 10.6 Å². The van der Waals surface area contributed by atoms with Crippen molar-refractivity contribution in [3.63, 3.8) is 0 Å². The number of hydrogen-bond acceptors (Lipinski definition) is 3. The van der Waals surface area contributed by atoms with E-state index in [9.17, 15) is 18.0 Å². The molecule has 0 spiro atoms. The van der Waals surface area contributed by atoms with E-state index in [-0.39, 0.29) is 24.3 Å². The van der Waals surface area contributed by atoms with Crippen molar-refractivity contribution in [1.29, 1.82) is 0 Å². The summed E-state index contributed by atoms with van der Waals surface area (Å²) < 4.78 is 40.7. The number of alkyl halides is 3. The molecule has 0 unspecified atom stereocenters. The summed E-state index contributed by atoms with van der Waals surface area (Å²) in [5.41, 5.74) is 0.231. The second kappa shape index (κ2) is 7.58. The van der Waals surface area contributed by atoms with Crippen molar-refractivity contribution in [2.24, 2.45) is 13.0 Å². The molecule has 3 rings (SSSR count). The first kappa shape index (κ1) is 20.4. The summed E-state index contributed by atoms with van der Waals surface area (Å²) in [4.78, 5) is 12.8. The van der Waals surface area contributed by atoms with E-state index in [2.05, 4.69) is 15.7 Å². The molecular formula is C20H25F3N4O. The molecule has 2 N–H and O–H groups in total. The van der Waals surface area contributed by atoms with Gasteiger partial charge in [0.2, 0.25) is 5.91 Å². The van der Waals surface area contributed by atoms with Crippen LogP contribution in [0.5, 0.6) is 0 Å². The fourth-order valence-corrected chi connectivity index (χ4v) is 3.59. The number of halogens is 3. The largest absolute Gasteiger partial charge is 0.416 e. The average molecular weight is 394 g/mol. The van der Waals surface area contributed by atoms with Gasteiger partial charge in [-0.15, -0.1) is 0 Å². The van der Waals surface area contributed by atoms with Crippen molar-refractivity contribution in [2.75, 3.05) is 19.6 Å². The number of aryl methyl sites for hydroxylation is 1. The van der Waals surface area contributed by atoms with Gasteiger partial charge in [-0.05, 0) is 17.2 Å². The van der Waals surface area contributed by atoms with Crippen molar-refractivity contribution in [3.8, 4) is 0 Å². The van der Waals surface area contributed by atoms with Crippen molar-refractivity contribution in [1.82, 2.24) is 20.4 Å². The van der Waals surface area contributed by atoms with Crippen LogP contribution in [0.15, 0.2) is 36.7 Å². The zero-order valence-electron chi connectivity index (χ0n) is 16.2. The van der Waals surface area contributed by atoms with Gasteiger partial charge in [0.1, 0.15) is 0 Å². The molecular weight excluding hydrogens is 369 g/mol. The van der Waals surface area contributed by atoms with Crippen LogP contribution in [-0.4, -0.2) is 35.3 Å². The van der Waals surface area contributed by atoms with Crippen LogP contribution < -0.4 is 10.6 Å². The van der Waals surface area contributed by atoms with Gasteiger partial charge in [0.25, 0.3) is 0 Å². The number of benzene rings is 1. The molecule has 1 aromatic heterocycles. The number of nitrogens with zero attached hydrogens (tertiary/aromatic N) is 2. The lowest BCUT2D eigenvalue weighted by atomic mass is 9.83. The molecule has 1 saturated heterocycles. The molecule has 1 aliphatic heterocycles. The van der Waals surface area contributed by atoms with Crippen molar-refractivity contribution < 1.29 is 18.0 Å². The predicted molar refractivity (Wildman–Crippen MR) is 99.8 cm³/mol. The first-order valence-electron chi connectivity index (χ1n) is 9.22. The molecule has 8 heteroatoms. The van der Waals surface area contributed by atoms with Crippen LogP contribution in [0.1, 0.15) is 36.5 Å². The molecule has 0 radical (unpaired) electrons. The number of hydrogen-bond donors (Lipinski definition) is 2. The Morgan fingerprint density at radius 3 is 2.64 bits per heavy atom. The molecule has 2 atom stereocenters. The highest BCUT2D eigenvalue weighted by molar-refractivity contribution is 5.80. The third-order valence-corrected chi connectivity index (χ3v) is 5.38. The topological polar surface area (TPSA) is 59.0 Å². The summed E-state index contributed by atoms with van der Waals surface area (Å²) in [5.74, 6) is -0.300. The van der Waals surface area contributed by atoms with E-state index < -0.39 is 17.2 Å². The van der Waals surface area contributed by atoms with Crippen LogP contribution in [0.3, 0.4) is 0 Å². The Balaban J connectivity index is 1.68. The standard InChI is InChI=1S/C20H25F3N4O/c1-19(2,14-5-4-6-15(7-14)20(21,22)23)12-25-18(28)17-10-24-9-16(17)13-8-26-27(3)11-13/h4-8,11,16-17,24H,9-10,12H2,1-3H3,(H,25,28)/t16-,17+/m1/s1.